The van der Waals surface area contributed by atoms with Gasteiger partial charge in [0.1, 0.15) is 0 Å². The van der Waals surface area contributed by atoms with Crippen LogP contribution in [-0.2, 0) is 4.43 Å². The summed E-state index contributed by atoms with van der Waals surface area (Å²) in [7, 11) is -1.60. The van der Waals surface area contributed by atoms with Gasteiger partial charge in [0, 0.05) is 6.42 Å². The molecule has 0 amide bonds. The molecule has 0 spiro atoms. The first-order valence-electron chi connectivity index (χ1n) is 5.07. The fraction of sp³-hybridized carbons (Fsp3) is 0.818. The number of rotatable bonds is 4. The number of hydrogen-bond donors (Lipinski definition) is 0. The average Bonchev–Trinajstić information content (AvgIpc) is 1.83. The molecule has 0 aromatic rings. The Morgan fingerprint density at radius 3 is 2.08 bits per heavy atom. The van der Waals surface area contributed by atoms with Crippen molar-refractivity contribution in [1.82, 2.24) is 0 Å². The Hall–Kier alpha value is -0.243. The Kier molecular flexibility index (Phi) is 4.23. The lowest BCUT2D eigenvalue weighted by atomic mass is 10.2. The second-order valence-corrected chi connectivity index (χ2v) is 9.88. The number of allylic oxidation sites excluding steroid dienone is 1. The predicted molar refractivity (Wildman–Crippen MR) is 62.3 cm³/mol. The van der Waals surface area contributed by atoms with Gasteiger partial charge in [-0.2, -0.15) is 0 Å². The van der Waals surface area contributed by atoms with Crippen LogP contribution in [0.25, 0.3) is 0 Å². The molecule has 0 aromatic heterocycles. The van der Waals surface area contributed by atoms with Gasteiger partial charge in [0.15, 0.2) is 0 Å². The summed E-state index contributed by atoms with van der Waals surface area (Å²) in [6.07, 6.45) is 2.11. The van der Waals surface area contributed by atoms with Gasteiger partial charge < -0.3 is 4.43 Å². The Labute approximate surface area is 84.3 Å². The first kappa shape index (κ1) is 12.8. The van der Waals surface area contributed by atoms with E-state index >= 15 is 0 Å². The standard InChI is InChI=1S/C11H24OSi/c1-8-9-10(2)12-13(6,7)11(3,4)5/h2,8-9H2,1,3-7H3. The van der Waals surface area contributed by atoms with Gasteiger partial charge >= 0.3 is 0 Å². The van der Waals surface area contributed by atoms with Crippen LogP contribution in [0.2, 0.25) is 18.1 Å². The third-order valence-corrected chi connectivity index (χ3v) is 7.15. The molecule has 1 nitrogen and oxygen atoms in total. The van der Waals surface area contributed by atoms with E-state index in [0.717, 1.165) is 18.6 Å². The van der Waals surface area contributed by atoms with Crippen molar-refractivity contribution in [2.24, 2.45) is 0 Å². The summed E-state index contributed by atoms with van der Waals surface area (Å²) in [4.78, 5) is 0. The molecule has 0 fully saturated rings. The highest BCUT2D eigenvalue weighted by molar-refractivity contribution is 6.74. The lowest BCUT2D eigenvalue weighted by Gasteiger charge is -2.37. The van der Waals surface area contributed by atoms with Crippen molar-refractivity contribution in [2.45, 2.75) is 58.7 Å². The van der Waals surface area contributed by atoms with Crippen molar-refractivity contribution >= 4 is 8.32 Å². The van der Waals surface area contributed by atoms with Crippen LogP contribution in [0.1, 0.15) is 40.5 Å². The van der Waals surface area contributed by atoms with Crippen LogP contribution >= 0.6 is 0 Å². The minimum atomic E-state index is -1.60. The van der Waals surface area contributed by atoms with E-state index in [0.29, 0.717) is 0 Å². The summed E-state index contributed by atoms with van der Waals surface area (Å²) in [5.41, 5.74) is 0. The van der Waals surface area contributed by atoms with Gasteiger partial charge in [0.25, 0.3) is 0 Å². The minimum Gasteiger partial charge on any atom is -0.547 e. The maximum Gasteiger partial charge on any atom is 0.250 e. The summed E-state index contributed by atoms with van der Waals surface area (Å²) < 4.78 is 5.99. The van der Waals surface area contributed by atoms with E-state index in [1.54, 1.807) is 0 Å². The topological polar surface area (TPSA) is 9.23 Å². The van der Waals surface area contributed by atoms with Crippen molar-refractivity contribution in [1.29, 1.82) is 0 Å². The van der Waals surface area contributed by atoms with Gasteiger partial charge in [-0.1, -0.05) is 34.3 Å². The van der Waals surface area contributed by atoms with E-state index in [1.165, 1.54) is 0 Å². The Morgan fingerprint density at radius 2 is 1.77 bits per heavy atom. The molecule has 0 radical (unpaired) electrons. The van der Waals surface area contributed by atoms with E-state index in [-0.39, 0.29) is 5.04 Å². The Morgan fingerprint density at radius 1 is 1.31 bits per heavy atom. The van der Waals surface area contributed by atoms with Crippen LogP contribution in [0.3, 0.4) is 0 Å². The molecule has 2 heteroatoms. The molecule has 0 aliphatic heterocycles. The van der Waals surface area contributed by atoms with Crippen molar-refractivity contribution in [3.63, 3.8) is 0 Å². The zero-order chi connectivity index (χ0) is 10.7. The molecule has 78 valence electrons. The first-order valence-corrected chi connectivity index (χ1v) is 7.98. The monoisotopic (exact) mass is 200 g/mol. The van der Waals surface area contributed by atoms with Gasteiger partial charge in [-0.15, -0.1) is 0 Å². The summed E-state index contributed by atoms with van der Waals surface area (Å²) in [5.74, 6) is 0.967. The molecule has 0 aromatic carbocycles. The van der Waals surface area contributed by atoms with Gasteiger partial charge in [-0.3, -0.25) is 0 Å². The van der Waals surface area contributed by atoms with Gasteiger partial charge in [0.2, 0.25) is 8.32 Å². The molecular weight excluding hydrogens is 176 g/mol. The molecule has 0 saturated carbocycles. The lowest BCUT2D eigenvalue weighted by Crippen LogP contribution is -2.40. The first-order chi connectivity index (χ1) is 5.70. The molecule has 0 heterocycles. The van der Waals surface area contributed by atoms with E-state index in [4.69, 9.17) is 4.43 Å². The second kappa shape index (κ2) is 4.31. The van der Waals surface area contributed by atoms with E-state index in [1.807, 2.05) is 0 Å². The fourth-order valence-electron chi connectivity index (χ4n) is 0.844. The maximum atomic E-state index is 5.99. The quantitative estimate of drug-likeness (QED) is 0.485. The Balaban J connectivity index is 4.26. The molecule has 0 aliphatic rings. The molecule has 0 saturated heterocycles. The second-order valence-electron chi connectivity index (χ2n) is 5.15. The van der Waals surface area contributed by atoms with Crippen LogP contribution in [0.5, 0.6) is 0 Å². The maximum absolute atomic E-state index is 5.99. The highest BCUT2D eigenvalue weighted by atomic mass is 28.4. The highest BCUT2D eigenvalue weighted by Gasteiger charge is 2.38. The van der Waals surface area contributed by atoms with Crippen LogP contribution in [-0.4, -0.2) is 8.32 Å². The summed E-state index contributed by atoms with van der Waals surface area (Å²) in [6.45, 7) is 17.4. The molecule has 0 unspecified atom stereocenters. The van der Waals surface area contributed by atoms with Crippen molar-refractivity contribution < 1.29 is 4.43 Å². The zero-order valence-electron chi connectivity index (χ0n) is 10.0. The average molecular weight is 200 g/mol. The third kappa shape index (κ3) is 3.99. The highest BCUT2D eigenvalue weighted by Crippen LogP contribution is 2.38. The van der Waals surface area contributed by atoms with Crippen LogP contribution in [0.4, 0.5) is 0 Å². The fourth-order valence-corrected chi connectivity index (χ4v) is 1.97. The van der Waals surface area contributed by atoms with Crippen molar-refractivity contribution in [2.75, 3.05) is 0 Å². The summed E-state index contributed by atoms with van der Waals surface area (Å²) >= 11 is 0. The molecular formula is C11H24OSi. The minimum absolute atomic E-state index is 0.281. The smallest absolute Gasteiger partial charge is 0.250 e. The molecule has 0 atom stereocenters. The summed E-state index contributed by atoms with van der Waals surface area (Å²) in [5, 5.41) is 0.281. The zero-order valence-corrected chi connectivity index (χ0v) is 11.0. The van der Waals surface area contributed by atoms with Crippen LogP contribution in [0, 0.1) is 0 Å². The van der Waals surface area contributed by atoms with Crippen LogP contribution in [0.15, 0.2) is 12.3 Å². The van der Waals surface area contributed by atoms with E-state index < -0.39 is 8.32 Å². The predicted octanol–water partition coefficient (Wildman–Crippen LogP) is 4.32. The van der Waals surface area contributed by atoms with Gasteiger partial charge in [-0.25, -0.2) is 0 Å². The third-order valence-electron chi connectivity index (χ3n) is 2.73. The normalized spacial score (nSPS) is 12.8. The SMILES string of the molecule is C=C(CCC)O[Si](C)(C)C(C)(C)C. The molecule has 13 heavy (non-hydrogen) atoms. The number of hydrogen-bond acceptors (Lipinski definition) is 1. The van der Waals surface area contributed by atoms with Gasteiger partial charge in [0.05, 0.1) is 5.76 Å². The van der Waals surface area contributed by atoms with E-state index in [9.17, 15) is 0 Å². The van der Waals surface area contributed by atoms with E-state index in [2.05, 4.69) is 47.4 Å². The summed E-state index contributed by atoms with van der Waals surface area (Å²) in [6, 6.07) is 0. The molecule has 0 N–H and O–H groups in total. The van der Waals surface area contributed by atoms with Crippen molar-refractivity contribution in [3.8, 4) is 0 Å². The molecule has 0 rings (SSSR count). The van der Waals surface area contributed by atoms with Crippen molar-refractivity contribution in [3.05, 3.63) is 12.3 Å². The molecule has 0 aliphatic carbocycles. The largest absolute Gasteiger partial charge is 0.547 e. The van der Waals surface area contributed by atoms with Crippen LogP contribution < -0.4 is 0 Å². The van der Waals surface area contributed by atoms with Gasteiger partial charge in [-0.05, 0) is 24.6 Å². The lowest BCUT2D eigenvalue weighted by molar-refractivity contribution is 0.368. The molecule has 0 bridgehead atoms. The Bertz CT molecular complexity index is 177.